The predicted molar refractivity (Wildman–Crippen MR) is 81.1 cm³/mol. The first kappa shape index (κ1) is 17.6. The summed E-state index contributed by atoms with van der Waals surface area (Å²) >= 11 is 0. The lowest BCUT2D eigenvalue weighted by Gasteiger charge is -2.18. The molecular formula is C13H18ClN3O4. The van der Waals surface area contributed by atoms with E-state index in [-0.39, 0.29) is 31.2 Å². The van der Waals surface area contributed by atoms with Crippen molar-refractivity contribution in [2.45, 2.75) is 13.0 Å². The SMILES string of the molecule is Cc1ccc([NH+]([O-])O)c2c(NCC(O)CO)ccnc12.Cl. The maximum Gasteiger partial charge on any atom is 0.175 e. The minimum atomic E-state index is -1.03. The van der Waals surface area contributed by atoms with Gasteiger partial charge in [0.15, 0.2) is 5.69 Å². The Hall–Kier alpha value is -1.48. The second-order valence-corrected chi connectivity index (χ2v) is 4.53. The second-order valence-electron chi connectivity index (χ2n) is 4.53. The highest BCUT2D eigenvalue weighted by atomic mass is 35.5. The van der Waals surface area contributed by atoms with Crippen LogP contribution < -0.4 is 10.5 Å². The lowest BCUT2D eigenvalue weighted by molar-refractivity contribution is -0.990. The molecule has 2 aromatic rings. The number of benzene rings is 1. The molecule has 116 valence electrons. The van der Waals surface area contributed by atoms with Crippen molar-refractivity contribution < 1.29 is 20.6 Å². The van der Waals surface area contributed by atoms with E-state index in [1.807, 2.05) is 6.92 Å². The molecule has 5 N–H and O–H groups in total. The Labute approximate surface area is 127 Å². The van der Waals surface area contributed by atoms with Crippen LogP contribution in [-0.2, 0) is 0 Å². The molecule has 2 rings (SSSR count). The normalized spacial score (nSPS) is 13.6. The third kappa shape index (κ3) is 3.79. The van der Waals surface area contributed by atoms with Gasteiger partial charge in [0.25, 0.3) is 0 Å². The van der Waals surface area contributed by atoms with Gasteiger partial charge >= 0.3 is 0 Å². The number of aryl methyl sites for hydroxylation is 1. The Morgan fingerprint density at radius 2 is 2.10 bits per heavy atom. The largest absolute Gasteiger partial charge is 0.595 e. The second kappa shape index (κ2) is 7.51. The standard InChI is InChI=1S/C13H17N3O4.ClH/c1-8-2-3-11(16(19)20)12-10(4-5-14-13(8)12)15-6-9(18)7-17;/h2-5,9,16-19H,6-7H2,1H3,(H,14,15);1H. The highest BCUT2D eigenvalue weighted by molar-refractivity contribution is 5.99. The first-order valence-corrected chi connectivity index (χ1v) is 6.19. The van der Waals surface area contributed by atoms with Crippen molar-refractivity contribution in [3.05, 3.63) is 35.2 Å². The van der Waals surface area contributed by atoms with Crippen molar-refractivity contribution in [2.75, 3.05) is 18.5 Å². The van der Waals surface area contributed by atoms with E-state index in [1.165, 1.54) is 6.07 Å². The van der Waals surface area contributed by atoms with Crippen molar-refractivity contribution in [2.24, 2.45) is 0 Å². The minimum Gasteiger partial charge on any atom is -0.595 e. The zero-order valence-corrected chi connectivity index (χ0v) is 12.2. The molecule has 21 heavy (non-hydrogen) atoms. The molecule has 0 saturated carbocycles. The van der Waals surface area contributed by atoms with Crippen LogP contribution in [0.25, 0.3) is 10.9 Å². The summed E-state index contributed by atoms with van der Waals surface area (Å²) in [5.74, 6) is 0. The van der Waals surface area contributed by atoms with Gasteiger partial charge in [0.2, 0.25) is 0 Å². The third-order valence-electron chi connectivity index (χ3n) is 3.06. The van der Waals surface area contributed by atoms with Gasteiger partial charge in [-0.15, -0.1) is 12.4 Å². The molecule has 0 spiro atoms. The number of aromatic nitrogens is 1. The van der Waals surface area contributed by atoms with Crippen molar-refractivity contribution >= 4 is 34.7 Å². The van der Waals surface area contributed by atoms with Crippen LogP contribution in [0.3, 0.4) is 0 Å². The van der Waals surface area contributed by atoms with Crippen molar-refractivity contribution in [3.8, 4) is 0 Å². The summed E-state index contributed by atoms with van der Waals surface area (Å²) in [6, 6.07) is 4.90. The van der Waals surface area contributed by atoms with E-state index >= 15 is 0 Å². The zero-order chi connectivity index (χ0) is 14.7. The molecule has 1 heterocycles. The quantitative estimate of drug-likeness (QED) is 0.501. The molecule has 0 aliphatic rings. The molecule has 0 aliphatic heterocycles. The van der Waals surface area contributed by atoms with E-state index in [2.05, 4.69) is 10.3 Å². The van der Waals surface area contributed by atoms with Crippen LogP contribution in [0.4, 0.5) is 11.4 Å². The molecule has 0 saturated heterocycles. The molecule has 8 heteroatoms. The molecule has 1 aromatic heterocycles. The smallest absolute Gasteiger partial charge is 0.175 e. The van der Waals surface area contributed by atoms with Gasteiger partial charge in [0.1, 0.15) is 0 Å². The molecule has 0 radical (unpaired) electrons. The number of pyridine rings is 1. The van der Waals surface area contributed by atoms with Gasteiger partial charge in [0, 0.05) is 18.8 Å². The number of quaternary nitrogens is 1. The average molecular weight is 316 g/mol. The van der Waals surface area contributed by atoms with E-state index in [4.69, 9.17) is 5.11 Å². The van der Waals surface area contributed by atoms with E-state index < -0.39 is 11.3 Å². The van der Waals surface area contributed by atoms with Gasteiger partial charge in [-0.25, -0.2) is 5.21 Å². The number of hydrogen-bond acceptors (Lipinski definition) is 6. The van der Waals surface area contributed by atoms with E-state index in [1.54, 1.807) is 18.3 Å². The van der Waals surface area contributed by atoms with Crippen molar-refractivity contribution in [1.82, 2.24) is 4.98 Å². The molecule has 2 atom stereocenters. The zero-order valence-electron chi connectivity index (χ0n) is 11.4. The molecule has 0 amide bonds. The van der Waals surface area contributed by atoms with E-state index in [0.717, 1.165) is 5.56 Å². The van der Waals surface area contributed by atoms with Crippen LogP contribution in [0, 0.1) is 12.1 Å². The lowest BCUT2D eigenvalue weighted by Crippen LogP contribution is -2.99. The van der Waals surface area contributed by atoms with Gasteiger partial charge in [0.05, 0.1) is 29.3 Å². The number of aliphatic hydroxyl groups excluding tert-OH is 2. The number of anilines is 1. The molecule has 2 unspecified atom stereocenters. The maximum absolute atomic E-state index is 11.3. The number of hydrogen-bond donors (Lipinski definition) is 5. The monoisotopic (exact) mass is 315 g/mol. The summed E-state index contributed by atoms with van der Waals surface area (Å²) in [5, 5.41) is 41.2. The molecule has 1 aromatic carbocycles. The molecule has 0 aliphatic carbocycles. The Morgan fingerprint density at radius 3 is 2.71 bits per heavy atom. The first-order valence-electron chi connectivity index (χ1n) is 6.19. The summed E-state index contributed by atoms with van der Waals surface area (Å²) in [7, 11) is 0. The maximum atomic E-state index is 11.3. The highest BCUT2D eigenvalue weighted by Gasteiger charge is 2.15. The third-order valence-corrected chi connectivity index (χ3v) is 3.06. The molecule has 0 bridgehead atoms. The Morgan fingerprint density at radius 1 is 1.38 bits per heavy atom. The van der Waals surface area contributed by atoms with Gasteiger partial charge in [-0.1, -0.05) is 6.07 Å². The highest BCUT2D eigenvalue weighted by Crippen LogP contribution is 2.29. The summed E-state index contributed by atoms with van der Waals surface area (Å²) in [4.78, 5) is 4.22. The van der Waals surface area contributed by atoms with Crippen molar-refractivity contribution in [3.63, 3.8) is 0 Å². The Bertz CT molecular complexity index is 609. The van der Waals surface area contributed by atoms with Gasteiger partial charge in [-0.05, 0) is 18.6 Å². The number of rotatable bonds is 5. The lowest BCUT2D eigenvalue weighted by atomic mass is 10.1. The van der Waals surface area contributed by atoms with Gasteiger partial charge in [-0.2, -0.15) is 5.23 Å². The predicted octanol–water partition coefficient (Wildman–Crippen LogP) is 0.134. The fraction of sp³-hybridized carbons (Fsp3) is 0.308. The fourth-order valence-corrected chi connectivity index (χ4v) is 2.02. The van der Waals surface area contributed by atoms with Crippen molar-refractivity contribution in [1.29, 1.82) is 0 Å². The average Bonchev–Trinajstić information content (AvgIpc) is 2.44. The van der Waals surface area contributed by atoms with E-state index in [0.29, 0.717) is 16.6 Å². The number of halogens is 1. The number of nitrogens with zero attached hydrogens (tertiary/aromatic N) is 1. The first-order chi connectivity index (χ1) is 9.54. The Balaban J connectivity index is 0.00000220. The topological polar surface area (TPSA) is 113 Å². The minimum absolute atomic E-state index is 0. The molecule has 7 nitrogen and oxygen atoms in total. The van der Waals surface area contributed by atoms with Crippen LogP contribution >= 0.6 is 12.4 Å². The fourth-order valence-electron chi connectivity index (χ4n) is 2.02. The van der Waals surface area contributed by atoms with E-state index in [9.17, 15) is 15.5 Å². The van der Waals surface area contributed by atoms with Gasteiger partial charge < -0.3 is 20.7 Å². The summed E-state index contributed by atoms with van der Waals surface area (Å²) < 4.78 is 0. The summed E-state index contributed by atoms with van der Waals surface area (Å²) in [6.07, 6.45) is 0.672. The Kier molecular flexibility index (Phi) is 6.28. The van der Waals surface area contributed by atoms with Gasteiger partial charge in [-0.3, -0.25) is 4.98 Å². The number of fused-ring (bicyclic) bond motifs is 1. The number of aliphatic hydroxyl groups is 2. The van der Waals surface area contributed by atoms with Crippen LogP contribution in [0.1, 0.15) is 5.56 Å². The van der Waals surface area contributed by atoms with Crippen LogP contribution in [0.2, 0.25) is 0 Å². The molecular weight excluding hydrogens is 298 g/mol. The van der Waals surface area contributed by atoms with Crippen LogP contribution in [0.15, 0.2) is 24.4 Å². The molecule has 0 fully saturated rings. The summed E-state index contributed by atoms with van der Waals surface area (Å²) in [6.45, 7) is 1.62. The summed E-state index contributed by atoms with van der Waals surface area (Å²) in [5.41, 5.74) is 2.20. The van der Waals surface area contributed by atoms with Crippen LogP contribution in [-0.4, -0.2) is 39.7 Å². The number of nitrogens with one attached hydrogen (secondary N) is 2. The van der Waals surface area contributed by atoms with Crippen LogP contribution in [0.5, 0.6) is 0 Å².